The molecule has 0 amide bonds. The Labute approximate surface area is 99.3 Å². The molecule has 2 aromatic rings. The fraction of sp³-hybridized carbons (Fsp3) is 0.0714. The number of ether oxygens (including phenoxy) is 1. The summed E-state index contributed by atoms with van der Waals surface area (Å²) in [6.07, 6.45) is 0.979. The summed E-state index contributed by atoms with van der Waals surface area (Å²) in [6.45, 7) is -0.250. The van der Waals surface area contributed by atoms with E-state index in [2.05, 4.69) is 24.3 Å². The van der Waals surface area contributed by atoms with Gasteiger partial charge < -0.3 is 9.84 Å². The first-order chi connectivity index (χ1) is 8.35. The minimum Gasteiger partial charge on any atom is -0.483 e. The first kappa shape index (κ1) is 11.2. The van der Waals surface area contributed by atoms with Crippen LogP contribution in [0, 0.1) is 0 Å². The standard InChI is InChI=1S/C13H10O.CH2O2/c1-3-7-12-10(5-1)9-11-6-2-4-8-13(11)14-12;2-1-3/h1-8H,9H2;1H,(H,2,3). The topological polar surface area (TPSA) is 46.5 Å². The molecule has 3 rings (SSSR count). The zero-order valence-corrected chi connectivity index (χ0v) is 9.17. The highest BCUT2D eigenvalue weighted by Crippen LogP contribution is 2.35. The molecule has 0 fully saturated rings. The van der Waals surface area contributed by atoms with E-state index in [0.29, 0.717) is 0 Å². The maximum Gasteiger partial charge on any atom is 0.290 e. The van der Waals surface area contributed by atoms with Crippen molar-refractivity contribution in [1.82, 2.24) is 0 Å². The first-order valence-corrected chi connectivity index (χ1v) is 5.26. The van der Waals surface area contributed by atoms with Crippen LogP contribution < -0.4 is 4.74 Å². The Morgan fingerprint density at radius 3 is 1.82 bits per heavy atom. The third kappa shape index (κ3) is 2.45. The van der Waals surface area contributed by atoms with E-state index in [9.17, 15) is 0 Å². The van der Waals surface area contributed by atoms with Crippen LogP contribution in [-0.4, -0.2) is 11.6 Å². The summed E-state index contributed by atoms with van der Waals surface area (Å²) in [5.41, 5.74) is 2.54. The molecule has 1 aliphatic rings. The fourth-order valence-corrected chi connectivity index (χ4v) is 1.82. The van der Waals surface area contributed by atoms with E-state index in [1.807, 2.05) is 24.3 Å². The van der Waals surface area contributed by atoms with Crippen LogP contribution in [0.5, 0.6) is 11.5 Å². The monoisotopic (exact) mass is 228 g/mol. The van der Waals surface area contributed by atoms with Crippen LogP contribution in [0.2, 0.25) is 0 Å². The lowest BCUT2D eigenvalue weighted by atomic mass is 10.0. The van der Waals surface area contributed by atoms with Crippen molar-refractivity contribution in [2.45, 2.75) is 6.42 Å². The number of para-hydroxylation sites is 2. The highest BCUT2D eigenvalue weighted by molar-refractivity contribution is 5.49. The Balaban J connectivity index is 0.000000329. The first-order valence-electron chi connectivity index (χ1n) is 5.26. The van der Waals surface area contributed by atoms with E-state index in [4.69, 9.17) is 14.6 Å². The Morgan fingerprint density at radius 1 is 0.941 bits per heavy atom. The Kier molecular flexibility index (Phi) is 3.40. The molecule has 0 saturated carbocycles. The van der Waals surface area contributed by atoms with Gasteiger partial charge in [-0.25, -0.2) is 0 Å². The summed E-state index contributed by atoms with van der Waals surface area (Å²) >= 11 is 0. The summed E-state index contributed by atoms with van der Waals surface area (Å²) in [4.78, 5) is 8.36. The van der Waals surface area contributed by atoms with Gasteiger partial charge in [-0.2, -0.15) is 0 Å². The maximum absolute atomic E-state index is 8.36. The molecule has 86 valence electrons. The van der Waals surface area contributed by atoms with Crippen molar-refractivity contribution in [3.05, 3.63) is 59.7 Å². The molecular formula is C14H12O3. The lowest BCUT2D eigenvalue weighted by Crippen LogP contribution is -2.01. The molecule has 0 radical (unpaired) electrons. The van der Waals surface area contributed by atoms with Crippen molar-refractivity contribution in [2.24, 2.45) is 0 Å². The summed E-state index contributed by atoms with van der Waals surface area (Å²) < 4.78 is 5.78. The minimum atomic E-state index is -0.250. The largest absolute Gasteiger partial charge is 0.483 e. The smallest absolute Gasteiger partial charge is 0.290 e. The van der Waals surface area contributed by atoms with E-state index in [1.54, 1.807) is 0 Å². The van der Waals surface area contributed by atoms with Crippen LogP contribution in [0.1, 0.15) is 11.1 Å². The van der Waals surface area contributed by atoms with Crippen LogP contribution in [-0.2, 0) is 11.2 Å². The van der Waals surface area contributed by atoms with Crippen molar-refractivity contribution in [3.8, 4) is 11.5 Å². The van der Waals surface area contributed by atoms with Gasteiger partial charge >= 0.3 is 0 Å². The second kappa shape index (κ2) is 5.16. The molecule has 0 aliphatic carbocycles. The van der Waals surface area contributed by atoms with Crippen LogP contribution in [0.25, 0.3) is 0 Å². The minimum absolute atomic E-state index is 0.250. The summed E-state index contributed by atoms with van der Waals surface area (Å²) in [5.74, 6) is 1.98. The molecule has 2 aromatic carbocycles. The zero-order chi connectivity index (χ0) is 12.1. The maximum atomic E-state index is 8.36. The molecular weight excluding hydrogens is 216 g/mol. The fourth-order valence-electron chi connectivity index (χ4n) is 1.82. The molecule has 1 N–H and O–H groups in total. The molecule has 3 nitrogen and oxygen atoms in total. The Bertz CT molecular complexity index is 433. The van der Waals surface area contributed by atoms with E-state index in [1.165, 1.54) is 11.1 Å². The zero-order valence-electron chi connectivity index (χ0n) is 9.17. The van der Waals surface area contributed by atoms with Gasteiger partial charge in [0.2, 0.25) is 0 Å². The average molecular weight is 228 g/mol. The predicted octanol–water partition coefficient (Wildman–Crippen LogP) is 3.08. The molecule has 17 heavy (non-hydrogen) atoms. The SMILES string of the molecule is O=CO.c1ccc2c(c1)Cc1ccccc1O2. The number of hydrogen-bond donors (Lipinski definition) is 1. The van der Waals surface area contributed by atoms with Crippen LogP contribution in [0.15, 0.2) is 48.5 Å². The van der Waals surface area contributed by atoms with Gasteiger partial charge in [-0.1, -0.05) is 36.4 Å². The second-order valence-electron chi connectivity index (χ2n) is 3.60. The van der Waals surface area contributed by atoms with Crippen LogP contribution >= 0.6 is 0 Å². The number of carbonyl (C=O) groups is 1. The molecule has 1 aliphatic heterocycles. The molecule has 0 atom stereocenters. The van der Waals surface area contributed by atoms with E-state index in [-0.39, 0.29) is 6.47 Å². The van der Waals surface area contributed by atoms with Crippen molar-refractivity contribution in [2.75, 3.05) is 0 Å². The van der Waals surface area contributed by atoms with Crippen molar-refractivity contribution >= 4 is 6.47 Å². The third-order valence-electron chi connectivity index (χ3n) is 2.55. The summed E-state index contributed by atoms with van der Waals surface area (Å²) in [6, 6.07) is 16.4. The molecule has 0 aromatic heterocycles. The van der Waals surface area contributed by atoms with E-state index < -0.39 is 0 Å². The number of hydrogen-bond acceptors (Lipinski definition) is 2. The lowest BCUT2D eigenvalue weighted by molar-refractivity contribution is -0.122. The van der Waals surface area contributed by atoms with Crippen molar-refractivity contribution in [3.63, 3.8) is 0 Å². The highest BCUT2D eigenvalue weighted by Gasteiger charge is 2.14. The number of carboxylic acid groups (broad SMARTS) is 1. The second-order valence-corrected chi connectivity index (χ2v) is 3.60. The molecule has 0 bridgehead atoms. The Hall–Kier alpha value is -2.29. The molecule has 0 saturated heterocycles. The predicted molar refractivity (Wildman–Crippen MR) is 64.5 cm³/mol. The Morgan fingerprint density at radius 2 is 1.35 bits per heavy atom. The van der Waals surface area contributed by atoms with Crippen LogP contribution in [0.3, 0.4) is 0 Å². The van der Waals surface area contributed by atoms with Gasteiger partial charge in [0.05, 0.1) is 0 Å². The lowest BCUT2D eigenvalue weighted by Gasteiger charge is -2.19. The van der Waals surface area contributed by atoms with Gasteiger partial charge in [-0.05, 0) is 23.3 Å². The average Bonchev–Trinajstić information content (AvgIpc) is 2.37. The molecule has 1 heterocycles. The third-order valence-corrected chi connectivity index (χ3v) is 2.55. The molecule has 0 spiro atoms. The van der Waals surface area contributed by atoms with Gasteiger partial charge in [0.15, 0.2) is 0 Å². The quantitative estimate of drug-likeness (QED) is 0.601. The van der Waals surface area contributed by atoms with Gasteiger partial charge in [-0.15, -0.1) is 0 Å². The molecule has 3 heteroatoms. The van der Waals surface area contributed by atoms with Gasteiger partial charge in [0.1, 0.15) is 11.5 Å². The van der Waals surface area contributed by atoms with Crippen LogP contribution in [0.4, 0.5) is 0 Å². The summed E-state index contributed by atoms with van der Waals surface area (Å²) in [5, 5.41) is 6.89. The van der Waals surface area contributed by atoms with Crippen molar-refractivity contribution < 1.29 is 14.6 Å². The van der Waals surface area contributed by atoms with Crippen molar-refractivity contribution in [1.29, 1.82) is 0 Å². The normalized spacial score (nSPS) is 11.1. The number of rotatable bonds is 0. The van der Waals surface area contributed by atoms with E-state index >= 15 is 0 Å². The van der Waals surface area contributed by atoms with Gasteiger partial charge in [-0.3, -0.25) is 4.79 Å². The highest BCUT2D eigenvalue weighted by atomic mass is 16.5. The molecule has 0 unspecified atom stereocenters. The number of fused-ring (bicyclic) bond motifs is 2. The number of benzene rings is 2. The van der Waals surface area contributed by atoms with Gasteiger partial charge in [0.25, 0.3) is 6.47 Å². The van der Waals surface area contributed by atoms with E-state index in [0.717, 1.165) is 17.9 Å². The van der Waals surface area contributed by atoms with Gasteiger partial charge in [0, 0.05) is 6.42 Å². The summed E-state index contributed by atoms with van der Waals surface area (Å²) in [7, 11) is 0.